The fourth-order valence-electron chi connectivity index (χ4n) is 3.88. The molecule has 0 saturated carbocycles. The van der Waals surface area contributed by atoms with Gasteiger partial charge in [0.1, 0.15) is 0 Å². The first-order valence-corrected chi connectivity index (χ1v) is 12.4. The van der Waals surface area contributed by atoms with E-state index in [9.17, 15) is 4.79 Å². The lowest BCUT2D eigenvalue weighted by molar-refractivity contribution is 0.0597. The van der Waals surface area contributed by atoms with Crippen molar-refractivity contribution in [3.63, 3.8) is 0 Å². The van der Waals surface area contributed by atoms with Gasteiger partial charge in [0.25, 0.3) is 0 Å². The van der Waals surface area contributed by atoms with E-state index in [2.05, 4.69) is 6.92 Å². The molecule has 0 saturated heterocycles. The highest BCUT2D eigenvalue weighted by Crippen LogP contribution is 2.29. The van der Waals surface area contributed by atoms with Crippen molar-refractivity contribution in [1.29, 1.82) is 0 Å². The van der Waals surface area contributed by atoms with E-state index in [1.807, 2.05) is 48.5 Å². The van der Waals surface area contributed by atoms with Crippen LogP contribution in [-0.2, 0) is 9.57 Å². The molecule has 2 rings (SSSR count). The van der Waals surface area contributed by atoms with Crippen LogP contribution in [0, 0.1) is 0 Å². The molecule has 0 aromatic heterocycles. The fourth-order valence-corrected chi connectivity index (χ4v) is 3.88. The standard InChI is InChI=1S/C28H41NO3/c1-3-4-5-6-7-8-9-10-11-12-13-19-24-32-29(25-20-15-14-16-21-25)27-23-18-17-22-26(27)28(30)31-2/h14-18,20-23H,3-13,19,24H2,1-2H3. The van der Waals surface area contributed by atoms with Gasteiger partial charge in [0.05, 0.1) is 30.7 Å². The van der Waals surface area contributed by atoms with Crippen molar-refractivity contribution in [3.05, 3.63) is 60.2 Å². The number of hydrogen-bond donors (Lipinski definition) is 0. The number of rotatable bonds is 17. The van der Waals surface area contributed by atoms with E-state index in [-0.39, 0.29) is 5.97 Å². The largest absolute Gasteiger partial charge is 0.465 e. The van der Waals surface area contributed by atoms with Crippen LogP contribution in [0.5, 0.6) is 0 Å². The zero-order valence-electron chi connectivity index (χ0n) is 20.1. The Morgan fingerprint density at radius 3 is 1.84 bits per heavy atom. The molecular weight excluding hydrogens is 398 g/mol. The molecule has 0 amide bonds. The van der Waals surface area contributed by atoms with Gasteiger partial charge >= 0.3 is 5.97 Å². The Morgan fingerprint density at radius 1 is 0.719 bits per heavy atom. The van der Waals surface area contributed by atoms with Crippen molar-refractivity contribution in [2.75, 3.05) is 18.8 Å². The topological polar surface area (TPSA) is 38.8 Å². The first-order valence-electron chi connectivity index (χ1n) is 12.4. The van der Waals surface area contributed by atoms with Crippen molar-refractivity contribution in [1.82, 2.24) is 0 Å². The minimum atomic E-state index is -0.365. The minimum absolute atomic E-state index is 0.365. The molecule has 0 heterocycles. The number of unbranched alkanes of at least 4 members (excludes halogenated alkanes) is 11. The summed E-state index contributed by atoms with van der Waals surface area (Å²) in [5.74, 6) is -0.365. The molecule has 0 fully saturated rings. The van der Waals surface area contributed by atoms with Crippen LogP contribution in [0.25, 0.3) is 0 Å². The summed E-state index contributed by atoms with van der Waals surface area (Å²) in [6, 6.07) is 17.3. The molecule has 2 aromatic rings. The van der Waals surface area contributed by atoms with Gasteiger partial charge < -0.3 is 4.74 Å². The normalized spacial score (nSPS) is 10.8. The number of hydrogen-bond acceptors (Lipinski definition) is 4. The van der Waals surface area contributed by atoms with Crippen LogP contribution < -0.4 is 5.06 Å². The Hall–Kier alpha value is -2.33. The molecule has 32 heavy (non-hydrogen) atoms. The number of methoxy groups -OCH3 is 1. The van der Waals surface area contributed by atoms with E-state index in [1.54, 1.807) is 11.1 Å². The second-order valence-electron chi connectivity index (χ2n) is 8.36. The number of carbonyl (C=O) groups is 1. The summed E-state index contributed by atoms with van der Waals surface area (Å²) in [7, 11) is 1.40. The summed E-state index contributed by atoms with van der Waals surface area (Å²) in [6.07, 6.45) is 15.7. The lowest BCUT2D eigenvalue weighted by atomic mass is 10.1. The fraction of sp³-hybridized carbons (Fsp3) is 0.536. The Balaban J connectivity index is 1.75. The van der Waals surface area contributed by atoms with E-state index in [1.165, 1.54) is 71.3 Å². The summed E-state index contributed by atoms with van der Waals surface area (Å²) < 4.78 is 4.96. The van der Waals surface area contributed by atoms with Crippen molar-refractivity contribution in [2.45, 2.75) is 84.0 Å². The third kappa shape index (κ3) is 9.44. The van der Waals surface area contributed by atoms with Crippen molar-refractivity contribution in [2.24, 2.45) is 0 Å². The van der Waals surface area contributed by atoms with Gasteiger partial charge in [-0.25, -0.2) is 9.86 Å². The summed E-state index contributed by atoms with van der Waals surface area (Å²) >= 11 is 0. The van der Waals surface area contributed by atoms with Crippen LogP contribution in [0.4, 0.5) is 11.4 Å². The Morgan fingerprint density at radius 2 is 1.25 bits per heavy atom. The van der Waals surface area contributed by atoms with Gasteiger partial charge in [-0.15, -0.1) is 0 Å². The average Bonchev–Trinajstić information content (AvgIpc) is 2.84. The lowest BCUT2D eigenvalue weighted by Crippen LogP contribution is -2.21. The minimum Gasteiger partial charge on any atom is -0.465 e. The van der Waals surface area contributed by atoms with Gasteiger partial charge in [-0.05, 0) is 30.7 Å². The Labute approximate surface area is 194 Å². The first-order chi connectivity index (χ1) is 15.8. The molecule has 4 heteroatoms. The Kier molecular flexibility index (Phi) is 13.2. The number of nitrogens with zero attached hydrogens (tertiary/aromatic N) is 1. The molecule has 0 N–H and O–H groups in total. The third-order valence-electron chi connectivity index (χ3n) is 5.74. The van der Waals surface area contributed by atoms with Crippen LogP contribution in [-0.4, -0.2) is 19.7 Å². The molecule has 4 nitrogen and oxygen atoms in total. The SMILES string of the molecule is CCCCCCCCCCCCCCON(c1ccccc1)c1ccccc1C(=O)OC. The molecule has 2 aromatic carbocycles. The molecule has 0 aliphatic heterocycles. The second-order valence-corrected chi connectivity index (χ2v) is 8.36. The van der Waals surface area contributed by atoms with Crippen LogP contribution in [0.3, 0.4) is 0 Å². The Bertz CT molecular complexity index is 747. The maximum atomic E-state index is 12.3. The van der Waals surface area contributed by atoms with Crippen molar-refractivity contribution in [3.8, 4) is 0 Å². The van der Waals surface area contributed by atoms with E-state index >= 15 is 0 Å². The van der Waals surface area contributed by atoms with E-state index < -0.39 is 0 Å². The highest BCUT2D eigenvalue weighted by Gasteiger charge is 2.19. The van der Waals surface area contributed by atoms with E-state index in [0.29, 0.717) is 17.9 Å². The molecule has 0 bridgehead atoms. The quantitative estimate of drug-likeness (QED) is 0.141. The number of benzene rings is 2. The number of ether oxygens (including phenoxy) is 1. The molecule has 0 aliphatic rings. The van der Waals surface area contributed by atoms with Gasteiger partial charge in [-0.1, -0.05) is 108 Å². The van der Waals surface area contributed by atoms with Gasteiger partial charge in [0.2, 0.25) is 0 Å². The van der Waals surface area contributed by atoms with Crippen LogP contribution >= 0.6 is 0 Å². The number of carbonyl (C=O) groups excluding carboxylic acids is 1. The van der Waals surface area contributed by atoms with Gasteiger partial charge in [0.15, 0.2) is 0 Å². The summed E-state index contributed by atoms with van der Waals surface area (Å²) in [5.41, 5.74) is 2.08. The molecule has 0 spiro atoms. The number of anilines is 2. The van der Waals surface area contributed by atoms with Crippen LogP contribution in [0.1, 0.15) is 94.3 Å². The third-order valence-corrected chi connectivity index (χ3v) is 5.74. The van der Waals surface area contributed by atoms with Gasteiger partial charge in [-0.2, -0.15) is 0 Å². The molecular formula is C28H41NO3. The maximum absolute atomic E-state index is 12.3. The molecule has 0 radical (unpaired) electrons. The van der Waals surface area contributed by atoms with E-state index in [0.717, 1.165) is 18.5 Å². The van der Waals surface area contributed by atoms with Crippen LogP contribution in [0.15, 0.2) is 54.6 Å². The van der Waals surface area contributed by atoms with Crippen molar-refractivity contribution < 1.29 is 14.4 Å². The molecule has 0 unspecified atom stereocenters. The zero-order chi connectivity index (χ0) is 22.9. The second kappa shape index (κ2) is 16.3. The highest BCUT2D eigenvalue weighted by atomic mass is 16.7. The average molecular weight is 440 g/mol. The summed E-state index contributed by atoms with van der Waals surface area (Å²) in [5, 5.41) is 1.75. The highest BCUT2D eigenvalue weighted by molar-refractivity contribution is 5.96. The van der Waals surface area contributed by atoms with Gasteiger partial charge in [0, 0.05) is 0 Å². The van der Waals surface area contributed by atoms with Gasteiger partial charge in [-0.3, -0.25) is 4.84 Å². The smallest absolute Gasteiger partial charge is 0.340 e. The summed E-state index contributed by atoms with van der Waals surface area (Å²) in [6.45, 7) is 2.88. The number of esters is 1. The molecule has 0 aliphatic carbocycles. The molecule has 176 valence electrons. The molecule has 0 atom stereocenters. The van der Waals surface area contributed by atoms with E-state index in [4.69, 9.17) is 9.57 Å². The predicted molar refractivity (Wildman–Crippen MR) is 133 cm³/mol. The van der Waals surface area contributed by atoms with Crippen molar-refractivity contribution >= 4 is 17.3 Å². The monoisotopic (exact) mass is 439 g/mol. The first kappa shape index (κ1) is 25.9. The predicted octanol–water partition coefficient (Wildman–Crippen LogP) is 8.24. The zero-order valence-corrected chi connectivity index (χ0v) is 20.1. The summed E-state index contributed by atoms with van der Waals surface area (Å²) in [4.78, 5) is 18.4. The number of para-hydroxylation sites is 2. The van der Waals surface area contributed by atoms with Crippen LogP contribution in [0.2, 0.25) is 0 Å². The maximum Gasteiger partial charge on any atom is 0.340 e. The lowest BCUT2D eigenvalue weighted by Gasteiger charge is -2.25.